The molecule has 2 heterocycles. The molecule has 4 rings (SSSR count). The number of allylic oxidation sites excluding steroid dienone is 1. The highest BCUT2D eigenvalue weighted by molar-refractivity contribution is 6.18. The Morgan fingerprint density at radius 3 is 2.24 bits per heavy atom. The highest BCUT2D eigenvalue weighted by Gasteiger charge is 2.33. The normalized spacial score (nSPS) is 16.5. The van der Waals surface area contributed by atoms with E-state index in [1.165, 1.54) is 0 Å². The topological polar surface area (TPSA) is 110 Å². The van der Waals surface area contributed by atoms with Crippen molar-refractivity contribution < 1.29 is 20.4 Å². The molecule has 0 aliphatic heterocycles. The Hall–Kier alpha value is -2.89. The standard InChI is InChI=1S/C19H20N2O4/c1-7-5-19(3,4)6-9-10(7)11-12-14(21-13(11)8(2)20-9)16(23)18(25)17(24)15(12)22/h21-25H,1,5-6H2,2-4H3. The van der Waals surface area contributed by atoms with E-state index in [-0.39, 0.29) is 16.3 Å². The van der Waals surface area contributed by atoms with Crippen molar-refractivity contribution in [1.29, 1.82) is 0 Å². The van der Waals surface area contributed by atoms with Crippen LogP contribution in [0.15, 0.2) is 6.58 Å². The van der Waals surface area contributed by atoms with Crippen LogP contribution in [0.2, 0.25) is 0 Å². The van der Waals surface area contributed by atoms with Crippen LogP contribution in [0.4, 0.5) is 0 Å². The van der Waals surface area contributed by atoms with Crippen LogP contribution in [-0.2, 0) is 6.42 Å². The SMILES string of the molecule is C=C1CC(C)(C)Cc2nc(C)c3[nH]c4c(O)c(O)c(O)c(O)c4c3c21. The number of H-pyrrole nitrogens is 1. The van der Waals surface area contributed by atoms with Crippen LogP contribution in [-0.4, -0.2) is 30.4 Å². The van der Waals surface area contributed by atoms with Gasteiger partial charge in [0, 0.05) is 16.6 Å². The van der Waals surface area contributed by atoms with Crippen molar-refractivity contribution in [3.05, 3.63) is 23.5 Å². The highest BCUT2D eigenvalue weighted by atomic mass is 16.3. The first-order chi connectivity index (χ1) is 11.6. The number of rotatable bonds is 0. The summed E-state index contributed by atoms with van der Waals surface area (Å²) < 4.78 is 0. The summed E-state index contributed by atoms with van der Waals surface area (Å²) >= 11 is 0. The quantitative estimate of drug-likeness (QED) is 0.315. The summed E-state index contributed by atoms with van der Waals surface area (Å²) in [5.41, 5.74) is 4.19. The fraction of sp³-hybridized carbons (Fsp3) is 0.316. The predicted octanol–water partition coefficient (Wildman–Crippen LogP) is 3.83. The fourth-order valence-corrected chi connectivity index (χ4v) is 4.05. The van der Waals surface area contributed by atoms with Crippen LogP contribution in [0.25, 0.3) is 27.4 Å². The third kappa shape index (κ3) is 1.94. The van der Waals surface area contributed by atoms with Crippen LogP contribution in [0.5, 0.6) is 23.0 Å². The van der Waals surface area contributed by atoms with E-state index in [2.05, 4.69) is 25.4 Å². The molecule has 1 aromatic carbocycles. The van der Waals surface area contributed by atoms with E-state index >= 15 is 0 Å². The van der Waals surface area contributed by atoms with Crippen molar-refractivity contribution in [3.8, 4) is 23.0 Å². The Labute approximate surface area is 144 Å². The first-order valence-electron chi connectivity index (χ1n) is 8.11. The van der Waals surface area contributed by atoms with Gasteiger partial charge < -0.3 is 25.4 Å². The van der Waals surface area contributed by atoms with E-state index in [0.29, 0.717) is 16.6 Å². The number of aromatic amines is 1. The molecule has 0 atom stereocenters. The molecule has 0 spiro atoms. The second-order valence-electron chi connectivity index (χ2n) is 7.66. The first kappa shape index (κ1) is 15.6. The number of aryl methyl sites for hydroxylation is 1. The number of hydrogen-bond donors (Lipinski definition) is 5. The lowest BCUT2D eigenvalue weighted by Crippen LogP contribution is -2.22. The van der Waals surface area contributed by atoms with Crippen molar-refractivity contribution in [2.45, 2.75) is 33.6 Å². The van der Waals surface area contributed by atoms with E-state index in [0.717, 1.165) is 29.7 Å². The minimum atomic E-state index is -0.754. The van der Waals surface area contributed by atoms with Crippen molar-refractivity contribution >= 4 is 27.4 Å². The lowest BCUT2D eigenvalue weighted by atomic mass is 9.73. The number of nitrogens with zero attached hydrogens (tertiary/aromatic N) is 1. The molecule has 0 bridgehead atoms. The number of benzene rings is 1. The molecule has 6 heteroatoms. The molecule has 130 valence electrons. The first-order valence-corrected chi connectivity index (χ1v) is 8.11. The maximum atomic E-state index is 10.4. The van der Waals surface area contributed by atoms with Gasteiger partial charge in [0.05, 0.1) is 22.1 Å². The zero-order valence-electron chi connectivity index (χ0n) is 14.4. The molecule has 0 amide bonds. The molecule has 25 heavy (non-hydrogen) atoms. The molecule has 1 aliphatic rings. The molecular formula is C19H20N2O4. The molecule has 0 saturated heterocycles. The van der Waals surface area contributed by atoms with E-state index in [1.54, 1.807) is 0 Å². The number of phenols is 4. The number of hydrogen-bond acceptors (Lipinski definition) is 5. The Bertz CT molecular complexity index is 1090. The van der Waals surface area contributed by atoms with Gasteiger partial charge in [-0.05, 0) is 30.8 Å². The number of pyridine rings is 1. The van der Waals surface area contributed by atoms with Crippen molar-refractivity contribution in [2.75, 3.05) is 0 Å². The van der Waals surface area contributed by atoms with Gasteiger partial charge in [-0.3, -0.25) is 4.98 Å². The Kier molecular flexibility index (Phi) is 2.87. The van der Waals surface area contributed by atoms with Crippen molar-refractivity contribution in [2.24, 2.45) is 5.41 Å². The molecule has 6 nitrogen and oxygen atoms in total. The summed E-state index contributed by atoms with van der Waals surface area (Å²) in [6.07, 6.45) is 1.55. The minimum Gasteiger partial charge on any atom is -0.504 e. The molecule has 0 unspecified atom stereocenters. The number of nitrogens with one attached hydrogen (secondary N) is 1. The summed E-state index contributed by atoms with van der Waals surface area (Å²) in [7, 11) is 0. The summed E-state index contributed by atoms with van der Waals surface area (Å²) in [6.45, 7) is 10.4. The van der Waals surface area contributed by atoms with Gasteiger partial charge in [-0.1, -0.05) is 20.4 Å². The van der Waals surface area contributed by atoms with E-state index in [1.807, 2.05) is 6.92 Å². The monoisotopic (exact) mass is 340 g/mol. The van der Waals surface area contributed by atoms with Crippen molar-refractivity contribution in [1.82, 2.24) is 9.97 Å². The zero-order valence-corrected chi connectivity index (χ0v) is 14.4. The lowest BCUT2D eigenvalue weighted by molar-refractivity contribution is 0.350. The average Bonchev–Trinajstić information content (AvgIpc) is 2.90. The Balaban J connectivity index is 2.26. The number of phenolic OH excluding ortho intramolecular Hbond substituents is 4. The molecule has 0 radical (unpaired) electrons. The van der Waals surface area contributed by atoms with Crippen LogP contribution in [0, 0.1) is 12.3 Å². The Morgan fingerprint density at radius 2 is 1.56 bits per heavy atom. The van der Waals surface area contributed by atoms with Gasteiger partial charge in [0.1, 0.15) is 0 Å². The molecule has 0 fully saturated rings. The third-order valence-corrected chi connectivity index (χ3v) is 5.04. The van der Waals surface area contributed by atoms with Crippen LogP contribution in [0.3, 0.4) is 0 Å². The molecule has 2 aromatic heterocycles. The van der Waals surface area contributed by atoms with Gasteiger partial charge in [0.15, 0.2) is 11.5 Å². The summed E-state index contributed by atoms with van der Waals surface area (Å²) in [4.78, 5) is 7.74. The van der Waals surface area contributed by atoms with E-state index < -0.39 is 23.0 Å². The van der Waals surface area contributed by atoms with E-state index in [4.69, 9.17) is 4.98 Å². The lowest BCUT2D eigenvalue weighted by Gasteiger charge is -2.32. The number of fused-ring (bicyclic) bond motifs is 5. The van der Waals surface area contributed by atoms with E-state index in [9.17, 15) is 20.4 Å². The minimum absolute atomic E-state index is 0.0356. The second kappa shape index (κ2) is 4.59. The predicted molar refractivity (Wildman–Crippen MR) is 96.1 cm³/mol. The van der Waals surface area contributed by atoms with Gasteiger partial charge in [-0.2, -0.15) is 0 Å². The van der Waals surface area contributed by atoms with Crippen molar-refractivity contribution in [3.63, 3.8) is 0 Å². The van der Waals surface area contributed by atoms with Gasteiger partial charge in [-0.15, -0.1) is 0 Å². The highest BCUT2D eigenvalue weighted by Crippen LogP contribution is 2.53. The average molecular weight is 340 g/mol. The molecule has 5 N–H and O–H groups in total. The zero-order chi connectivity index (χ0) is 18.3. The van der Waals surface area contributed by atoms with Gasteiger partial charge >= 0.3 is 0 Å². The largest absolute Gasteiger partial charge is 0.504 e. The number of aromatic hydroxyl groups is 4. The van der Waals surface area contributed by atoms with Crippen LogP contribution in [0.1, 0.15) is 37.2 Å². The third-order valence-electron chi connectivity index (χ3n) is 5.04. The fourth-order valence-electron chi connectivity index (χ4n) is 4.05. The maximum Gasteiger partial charge on any atom is 0.206 e. The molecular weight excluding hydrogens is 320 g/mol. The molecule has 1 aliphatic carbocycles. The summed E-state index contributed by atoms with van der Waals surface area (Å²) in [5, 5.41) is 41.4. The number of aromatic nitrogens is 2. The maximum absolute atomic E-state index is 10.4. The van der Waals surface area contributed by atoms with Gasteiger partial charge in [0.25, 0.3) is 0 Å². The summed E-state index contributed by atoms with van der Waals surface area (Å²) in [5.74, 6) is -2.47. The van der Waals surface area contributed by atoms with Crippen LogP contribution < -0.4 is 0 Å². The smallest absolute Gasteiger partial charge is 0.206 e. The van der Waals surface area contributed by atoms with Gasteiger partial charge in [0.2, 0.25) is 11.5 Å². The Morgan fingerprint density at radius 1 is 0.920 bits per heavy atom. The second-order valence-corrected chi connectivity index (χ2v) is 7.66. The molecule has 3 aromatic rings. The van der Waals surface area contributed by atoms with Crippen LogP contribution >= 0.6 is 0 Å². The summed E-state index contributed by atoms with van der Waals surface area (Å²) in [6, 6.07) is 0. The van der Waals surface area contributed by atoms with Gasteiger partial charge in [-0.25, -0.2) is 0 Å². The molecule has 0 saturated carbocycles.